The Hall–Kier alpha value is -0.340. The lowest BCUT2D eigenvalue weighted by molar-refractivity contribution is 0.0619. The molecular weight excluding hydrogens is 180 g/mol. The lowest BCUT2D eigenvalue weighted by Gasteiger charge is -2.36. The summed E-state index contributed by atoms with van der Waals surface area (Å²) in [6, 6.07) is 2.31. The van der Waals surface area contributed by atoms with Crippen molar-refractivity contribution in [3.63, 3.8) is 0 Å². The van der Waals surface area contributed by atoms with Crippen LogP contribution in [0.3, 0.4) is 0 Å². The van der Waals surface area contributed by atoms with E-state index >= 15 is 0 Å². The lowest BCUT2D eigenvalue weighted by atomic mass is 9.73. The first-order valence-corrected chi connectivity index (χ1v) is 5.97. The van der Waals surface area contributed by atoms with E-state index in [1.54, 1.807) is 5.56 Å². The maximum Gasteiger partial charge on any atom is 0.0812 e. The van der Waals surface area contributed by atoms with Gasteiger partial charge in [-0.05, 0) is 35.8 Å². The lowest BCUT2D eigenvalue weighted by Crippen LogP contribution is -2.27. The normalized spacial score (nSPS) is 28.2. The van der Waals surface area contributed by atoms with Gasteiger partial charge in [-0.3, -0.25) is 0 Å². The average molecular weight is 194 g/mol. The standard InChI is InChI=1S/C11H14OS/c1-2-8(3-1)10-6-12-7-11-9(10)4-5-13-11/h4-5,8,10H,1-3,6-7H2. The zero-order valence-corrected chi connectivity index (χ0v) is 8.48. The van der Waals surface area contributed by atoms with Crippen LogP contribution in [-0.4, -0.2) is 6.61 Å². The fraction of sp³-hybridized carbons (Fsp3) is 0.636. The van der Waals surface area contributed by atoms with E-state index in [-0.39, 0.29) is 0 Å². The summed E-state index contributed by atoms with van der Waals surface area (Å²) in [5.41, 5.74) is 1.60. The third kappa shape index (κ3) is 1.24. The maximum absolute atomic E-state index is 5.63. The Kier molecular flexibility index (Phi) is 1.91. The molecule has 1 nitrogen and oxygen atoms in total. The van der Waals surface area contributed by atoms with Crippen molar-refractivity contribution >= 4 is 11.3 Å². The van der Waals surface area contributed by atoms with Crippen LogP contribution in [0.25, 0.3) is 0 Å². The van der Waals surface area contributed by atoms with E-state index in [0.717, 1.165) is 25.0 Å². The quantitative estimate of drug-likeness (QED) is 0.667. The molecule has 1 aliphatic carbocycles. The second-order valence-electron chi connectivity index (χ2n) is 4.11. The molecular formula is C11H14OS. The van der Waals surface area contributed by atoms with Gasteiger partial charge in [-0.15, -0.1) is 11.3 Å². The van der Waals surface area contributed by atoms with Crippen LogP contribution in [-0.2, 0) is 11.3 Å². The fourth-order valence-corrected chi connectivity index (χ4v) is 3.28. The van der Waals surface area contributed by atoms with Gasteiger partial charge in [0.05, 0.1) is 13.2 Å². The maximum atomic E-state index is 5.63. The molecule has 13 heavy (non-hydrogen) atoms. The van der Waals surface area contributed by atoms with Crippen LogP contribution in [0.5, 0.6) is 0 Å². The van der Waals surface area contributed by atoms with Crippen LogP contribution in [0.4, 0.5) is 0 Å². The molecule has 2 heteroatoms. The smallest absolute Gasteiger partial charge is 0.0812 e. The van der Waals surface area contributed by atoms with Crippen LogP contribution in [0.15, 0.2) is 11.4 Å². The summed E-state index contributed by atoms with van der Waals surface area (Å²) in [5, 5.41) is 2.21. The van der Waals surface area contributed by atoms with Gasteiger partial charge < -0.3 is 4.74 Å². The van der Waals surface area contributed by atoms with Crippen molar-refractivity contribution in [1.29, 1.82) is 0 Å². The zero-order valence-electron chi connectivity index (χ0n) is 7.66. The van der Waals surface area contributed by atoms with Gasteiger partial charge in [-0.25, -0.2) is 0 Å². The van der Waals surface area contributed by atoms with Crippen molar-refractivity contribution in [3.05, 3.63) is 21.9 Å². The molecule has 2 heterocycles. The van der Waals surface area contributed by atoms with E-state index < -0.39 is 0 Å². The number of ether oxygens (including phenoxy) is 1. The molecule has 1 aliphatic heterocycles. The molecule has 0 saturated heterocycles. The van der Waals surface area contributed by atoms with Gasteiger partial charge in [0, 0.05) is 10.8 Å². The minimum absolute atomic E-state index is 0.726. The Balaban J connectivity index is 1.90. The molecule has 0 N–H and O–H groups in total. The van der Waals surface area contributed by atoms with Crippen molar-refractivity contribution in [2.75, 3.05) is 6.61 Å². The van der Waals surface area contributed by atoms with Gasteiger partial charge in [0.2, 0.25) is 0 Å². The summed E-state index contributed by atoms with van der Waals surface area (Å²) < 4.78 is 5.63. The first-order valence-electron chi connectivity index (χ1n) is 5.09. The molecule has 1 unspecified atom stereocenters. The second-order valence-corrected chi connectivity index (χ2v) is 5.11. The Morgan fingerprint density at radius 2 is 2.31 bits per heavy atom. The topological polar surface area (TPSA) is 9.23 Å². The van der Waals surface area contributed by atoms with Crippen LogP contribution in [0.1, 0.15) is 35.6 Å². The summed E-state index contributed by atoms with van der Waals surface area (Å²) in [6.07, 6.45) is 4.27. The Bertz CT molecular complexity index is 301. The first kappa shape index (κ1) is 8.01. The average Bonchev–Trinajstić information content (AvgIpc) is 2.49. The van der Waals surface area contributed by atoms with Gasteiger partial charge in [-0.2, -0.15) is 0 Å². The highest BCUT2D eigenvalue weighted by atomic mass is 32.1. The SMILES string of the molecule is c1cc2c(s1)COCC2C1CCC1. The van der Waals surface area contributed by atoms with Crippen molar-refractivity contribution in [2.24, 2.45) is 5.92 Å². The first-order chi connectivity index (χ1) is 6.45. The predicted octanol–water partition coefficient (Wildman–Crippen LogP) is 3.16. The molecule has 0 bridgehead atoms. The zero-order chi connectivity index (χ0) is 8.67. The molecule has 0 amide bonds. The molecule has 70 valence electrons. The van der Waals surface area contributed by atoms with E-state index in [9.17, 15) is 0 Å². The Morgan fingerprint density at radius 3 is 3.08 bits per heavy atom. The Labute approximate surface area is 82.7 Å². The van der Waals surface area contributed by atoms with E-state index in [0.29, 0.717) is 0 Å². The van der Waals surface area contributed by atoms with Gasteiger partial charge in [0.25, 0.3) is 0 Å². The van der Waals surface area contributed by atoms with Crippen molar-refractivity contribution in [1.82, 2.24) is 0 Å². The third-order valence-corrected chi connectivity index (χ3v) is 4.34. The Morgan fingerprint density at radius 1 is 1.38 bits per heavy atom. The van der Waals surface area contributed by atoms with Crippen molar-refractivity contribution < 1.29 is 4.74 Å². The monoisotopic (exact) mass is 194 g/mol. The van der Waals surface area contributed by atoms with Gasteiger partial charge >= 0.3 is 0 Å². The van der Waals surface area contributed by atoms with Crippen molar-refractivity contribution in [3.8, 4) is 0 Å². The molecule has 1 aromatic heterocycles. The summed E-state index contributed by atoms with van der Waals surface area (Å²) in [6.45, 7) is 1.82. The molecule has 0 radical (unpaired) electrons. The molecule has 0 spiro atoms. The number of thiophene rings is 1. The van der Waals surface area contributed by atoms with E-state index in [1.807, 2.05) is 11.3 Å². The van der Waals surface area contributed by atoms with Crippen molar-refractivity contribution in [2.45, 2.75) is 31.8 Å². The van der Waals surface area contributed by atoms with Crippen LogP contribution < -0.4 is 0 Å². The molecule has 1 aromatic rings. The summed E-state index contributed by atoms with van der Waals surface area (Å²) in [7, 11) is 0. The van der Waals surface area contributed by atoms with Crippen LogP contribution in [0, 0.1) is 5.92 Å². The summed E-state index contributed by atoms with van der Waals surface area (Å²) in [4.78, 5) is 1.48. The highest BCUT2D eigenvalue weighted by Gasteiger charge is 2.32. The van der Waals surface area contributed by atoms with E-state index in [1.165, 1.54) is 24.1 Å². The summed E-state index contributed by atoms with van der Waals surface area (Å²) >= 11 is 1.86. The largest absolute Gasteiger partial charge is 0.375 e. The molecule has 1 fully saturated rings. The highest BCUT2D eigenvalue weighted by Crippen LogP contribution is 2.43. The molecule has 1 atom stereocenters. The number of hydrogen-bond acceptors (Lipinski definition) is 2. The third-order valence-electron chi connectivity index (χ3n) is 3.43. The van der Waals surface area contributed by atoms with Gasteiger partial charge in [-0.1, -0.05) is 6.42 Å². The minimum atomic E-state index is 0.726. The molecule has 0 aromatic carbocycles. The van der Waals surface area contributed by atoms with E-state index in [4.69, 9.17) is 4.74 Å². The number of hydrogen-bond donors (Lipinski definition) is 0. The van der Waals surface area contributed by atoms with Gasteiger partial charge in [0.15, 0.2) is 0 Å². The van der Waals surface area contributed by atoms with Gasteiger partial charge in [0.1, 0.15) is 0 Å². The minimum Gasteiger partial charge on any atom is -0.375 e. The number of fused-ring (bicyclic) bond motifs is 1. The molecule has 2 aliphatic rings. The van der Waals surface area contributed by atoms with E-state index in [2.05, 4.69) is 11.4 Å². The number of rotatable bonds is 1. The summed E-state index contributed by atoms with van der Waals surface area (Å²) in [5.74, 6) is 1.65. The predicted molar refractivity (Wildman–Crippen MR) is 54.1 cm³/mol. The van der Waals surface area contributed by atoms with Crippen LogP contribution in [0.2, 0.25) is 0 Å². The highest BCUT2D eigenvalue weighted by molar-refractivity contribution is 7.10. The molecule has 1 saturated carbocycles. The molecule has 3 rings (SSSR count). The second kappa shape index (κ2) is 3.10. The fourth-order valence-electron chi connectivity index (χ4n) is 2.40. The van der Waals surface area contributed by atoms with Crippen LogP contribution >= 0.6 is 11.3 Å².